The van der Waals surface area contributed by atoms with Crippen LogP contribution in [0.1, 0.15) is 98.3 Å². The molecule has 4 aromatic rings. The largest absolute Gasteiger partial charge is 0.453 e. The lowest BCUT2D eigenvalue weighted by molar-refractivity contribution is -0.135. The van der Waals surface area contributed by atoms with Gasteiger partial charge >= 0.3 is 12.2 Å². The second-order valence-corrected chi connectivity index (χ2v) is 16.0. The van der Waals surface area contributed by atoms with E-state index < -0.39 is 24.3 Å². The first-order valence-corrected chi connectivity index (χ1v) is 21.0. The minimum Gasteiger partial charge on any atom is -0.453 e. The third-order valence-corrected chi connectivity index (χ3v) is 12.3. The average molecular weight is 851 g/mol. The fourth-order valence-electron chi connectivity index (χ4n) is 8.89. The number of likely N-dealkylation sites (tertiary alicyclic amines) is 2. The molecule has 4 atom stereocenters. The van der Waals surface area contributed by atoms with E-state index in [-0.39, 0.29) is 47.5 Å². The Morgan fingerprint density at radius 1 is 0.613 bits per heavy atom. The summed E-state index contributed by atoms with van der Waals surface area (Å²) in [6.07, 6.45) is 6.69. The van der Waals surface area contributed by atoms with E-state index in [0.29, 0.717) is 86.0 Å². The summed E-state index contributed by atoms with van der Waals surface area (Å²) >= 11 is 0. The predicted molar refractivity (Wildman–Crippen MR) is 226 cm³/mol. The van der Waals surface area contributed by atoms with Gasteiger partial charge in [-0.15, -0.1) is 0 Å². The molecule has 4 heterocycles. The number of methoxy groups -OCH3 is 2. The molecule has 328 valence electrons. The molecule has 62 heavy (non-hydrogen) atoms. The molecule has 3 aliphatic rings. The van der Waals surface area contributed by atoms with Gasteiger partial charge in [0.25, 0.3) is 11.8 Å². The Morgan fingerprint density at radius 3 is 1.34 bits per heavy atom. The van der Waals surface area contributed by atoms with Crippen LogP contribution in [0.15, 0.2) is 73.1 Å². The van der Waals surface area contributed by atoms with Crippen LogP contribution in [0, 0.1) is 11.8 Å². The van der Waals surface area contributed by atoms with Crippen LogP contribution in [0.4, 0.5) is 21.2 Å². The number of carbonyl (C=O) groups excluding carboxylic acids is 6. The maximum Gasteiger partial charge on any atom is 0.407 e. The molecule has 18 nitrogen and oxygen atoms in total. The first-order valence-electron chi connectivity index (χ1n) is 21.0. The molecule has 1 aliphatic carbocycles. The van der Waals surface area contributed by atoms with Crippen molar-refractivity contribution in [2.24, 2.45) is 11.8 Å². The van der Waals surface area contributed by atoms with Gasteiger partial charge in [0.05, 0.1) is 38.7 Å². The van der Waals surface area contributed by atoms with Gasteiger partial charge in [0.1, 0.15) is 35.4 Å². The van der Waals surface area contributed by atoms with Gasteiger partial charge in [-0.3, -0.25) is 29.0 Å². The van der Waals surface area contributed by atoms with E-state index in [1.807, 2.05) is 12.1 Å². The first kappa shape index (κ1) is 43.4. The number of hydrogen-bond donors (Lipinski definition) is 4. The smallest absolute Gasteiger partial charge is 0.407 e. The van der Waals surface area contributed by atoms with Crippen molar-refractivity contribution < 1.29 is 38.2 Å². The quantitative estimate of drug-likeness (QED) is 0.148. The Kier molecular flexibility index (Phi) is 13.5. The average Bonchev–Trinajstić information content (AvgIpc) is 4.16. The summed E-state index contributed by atoms with van der Waals surface area (Å²) in [5, 5.41) is 5.34. The van der Waals surface area contributed by atoms with Gasteiger partial charge in [-0.2, -0.15) is 0 Å². The molecular formula is C44H54N10O8. The topological polar surface area (TPSA) is 215 Å². The van der Waals surface area contributed by atoms with E-state index in [4.69, 9.17) is 9.47 Å². The van der Waals surface area contributed by atoms with Crippen molar-refractivity contribution in [3.05, 3.63) is 95.8 Å². The molecule has 4 N–H and O–H groups in total. The molecule has 18 heteroatoms. The molecule has 2 aromatic heterocycles. The third kappa shape index (κ3) is 9.28. The lowest BCUT2D eigenvalue weighted by atomic mass is 9.80. The number of ether oxygens (including phenoxy) is 2. The summed E-state index contributed by atoms with van der Waals surface area (Å²) in [5.74, 6) is 0.776. The fourth-order valence-corrected chi connectivity index (χ4v) is 8.89. The van der Waals surface area contributed by atoms with E-state index in [1.165, 1.54) is 14.2 Å². The van der Waals surface area contributed by atoms with Crippen LogP contribution in [0.2, 0.25) is 0 Å². The molecule has 6 amide bonds. The monoisotopic (exact) mass is 850 g/mol. The van der Waals surface area contributed by atoms with Crippen molar-refractivity contribution >= 4 is 47.5 Å². The number of aromatic nitrogens is 4. The van der Waals surface area contributed by atoms with Gasteiger partial charge in [0.2, 0.25) is 11.8 Å². The van der Waals surface area contributed by atoms with E-state index in [0.717, 1.165) is 12.8 Å². The lowest BCUT2D eigenvalue weighted by Gasteiger charge is -2.31. The second kappa shape index (κ2) is 19.3. The van der Waals surface area contributed by atoms with Crippen molar-refractivity contribution in [3.63, 3.8) is 0 Å². The van der Waals surface area contributed by atoms with Gasteiger partial charge in [-0.25, -0.2) is 19.6 Å². The van der Waals surface area contributed by atoms with Crippen LogP contribution < -0.4 is 20.4 Å². The van der Waals surface area contributed by atoms with Crippen LogP contribution >= 0.6 is 0 Å². The van der Waals surface area contributed by atoms with Crippen LogP contribution in [-0.4, -0.2) is 107 Å². The molecule has 2 aromatic carbocycles. The zero-order valence-electron chi connectivity index (χ0n) is 35.4. The highest BCUT2D eigenvalue weighted by Gasteiger charge is 2.40. The molecule has 1 saturated carbocycles. The summed E-state index contributed by atoms with van der Waals surface area (Å²) in [6.45, 7) is 0.957. The number of carbonyl (C=O) groups is 6. The molecule has 2 aliphatic heterocycles. The third-order valence-electron chi connectivity index (χ3n) is 12.3. The second-order valence-electron chi connectivity index (χ2n) is 16.0. The fraction of sp³-hybridized carbons (Fsp3) is 0.455. The predicted octanol–water partition coefficient (Wildman–Crippen LogP) is 5.09. The summed E-state index contributed by atoms with van der Waals surface area (Å²) < 4.78 is 9.61. The Balaban J connectivity index is 0.940. The van der Waals surface area contributed by atoms with Gasteiger partial charge in [0, 0.05) is 39.0 Å². The number of aromatic amines is 2. The highest BCUT2D eigenvalue weighted by Crippen LogP contribution is 2.37. The zero-order chi connectivity index (χ0) is 43.9. The molecule has 0 bridgehead atoms. The van der Waals surface area contributed by atoms with Crippen molar-refractivity contribution in [3.8, 4) is 0 Å². The number of H-pyrrole nitrogens is 2. The number of hydrogen-bond acceptors (Lipinski definition) is 10. The highest BCUT2D eigenvalue weighted by molar-refractivity contribution is 5.96. The number of amides is 6. The molecule has 0 radical (unpaired) electrons. The summed E-state index contributed by atoms with van der Waals surface area (Å²) in [4.78, 5) is 102. The maximum atomic E-state index is 13.9. The first-order chi connectivity index (χ1) is 30.0. The van der Waals surface area contributed by atoms with Gasteiger partial charge < -0.3 is 39.9 Å². The summed E-state index contributed by atoms with van der Waals surface area (Å²) in [6, 6.07) is 15.3. The van der Waals surface area contributed by atoms with Crippen LogP contribution in [-0.2, 0) is 28.7 Å². The molecular weight excluding hydrogens is 797 g/mol. The number of rotatable bonds is 12. The highest BCUT2D eigenvalue weighted by atomic mass is 16.5. The Morgan fingerprint density at radius 2 is 0.984 bits per heavy atom. The van der Waals surface area contributed by atoms with Crippen molar-refractivity contribution in [2.75, 3.05) is 51.2 Å². The van der Waals surface area contributed by atoms with Crippen molar-refractivity contribution in [2.45, 2.75) is 75.5 Å². The molecule has 0 spiro atoms. The minimum atomic E-state index is -0.945. The summed E-state index contributed by atoms with van der Waals surface area (Å²) in [5.41, 5.74) is 1.26. The van der Waals surface area contributed by atoms with Gasteiger partial charge in [-0.05, 0) is 62.5 Å². The SMILES string of the molecule is COC(=O)N[C@H](C(=O)N1CCC[C@@H]1c1ncc(N(C)C(=O)C2CCC(C(=O)N(C)c3cnc([C@@H]4CCCN4C(=O)[C@@H](NC(=O)OC)c4ccccc4)[nH]3)CC2)[nH]1)c1ccccc1. The van der Waals surface area contributed by atoms with E-state index >= 15 is 0 Å². The number of anilines is 2. The number of alkyl carbamates (subject to hydrolysis) is 2. The zero-order valence-corrected chi connectivity index (χ0v) is 35.4. The van der Waals surface area contributed by atoms with Crippen molar-refractivity contribution in [1.29, 1.82) is 0 Å². The summed E-state index contributed by atoms with van der Waals surface area (Å²) in [7, 11) is 5.89. The standard InChI is InChI=1S/C44H54N10O8/c1-51(33-25-45-37(47-33)31-17-11-23-53(31)41(57)35(49-43(59)61-3)27-13-7-5-8-14-27)39(55)29-19-21-30(22-20-29)40(56)52(2)34-26-46-38(48-34)32-18-12-24-54(32)42(58)36(50-44(60)62-4)28-15-9-6-10-16-28/h5-10,13-16,25-26,29-32,35-36H,11-12,17-24H2,1-4H3,(H,45,47)(H,46,48)(H,49,59)(H,50,60)/t29?,30?,31-,32+,35-,36-/m0/s1. The van der Waals surface area contributed by atoms with Gasteiger partial charge in [0.15, 0.2) is 0 Å². The number of nitrogens with one attached hydrogen (secondary N) is 4. The number of nitrogens with zero attached hydrogens (tertiary/aromatic N) is 6. The van der Waals surface area contributed by atoms with E-state index in [1.54, 1.807) is 94.6 Å². The number of benzene rings is 2. The van der Waals surface area contributed by atoms with Crippen LogP contribution in [0.3, 0.4) is 0 Å². The lowest BCUT2D eigenvalue weighted by Crippen LogP contribution is -2.43. The molecule has 7 rings (SSSR count). The Hall–Kier alpha value is -6.72. The van der Waals surface area contributed by atoms with Gasteiger partial charge in [-0.1, -0.05) is 60.7 Å². The minimum absolute atomic E-state index is 0.0876. The van der Waals surface area contributed by atoms with Crippen LogP contribution in [0.5, 0.6) is 0 Å². The molecule has 0 unspecified atom stereocenters. The molecule has 3 fully saturated rings. The Labute approximate surface area is 359 Å². The molecule has 2 saturated heterocycles. The van der Waals surface area contributed by atoms with E-state index in [2.05, 4.69) is 30.6 Å². The van der Waals surface area contributed by atoms with Crippen LogP contribution in [0.25, 0.3) is 0 Å². The number of imidazole rings is 2. The Bertz CT molecular complexity index is 2070. The normalized spacial score (nSPS) is 20.8. The van der Waals surface area contributed by atoms with E-state index in [9.17, 15) is 28.8 Å². The maximum absolute atomic E-state index is 13.9. The van der Waals surface area contributed by atoms with Crippen molar-refractivity contribution in [1.82, 2.24) is 40.4 Å².